The normalized spacial score (nSPS) is 14.2. The zero-order valence-corrected chi connectivity index (χ0v) is 14.9. The molecule has 1 fully saturated rings. The van der Waals surface area contributed by atoms with Crippen molar-refractivity contribution in [1.29, 1.82) is 0 Å². The number of ketones is 1. The van der Waals surface area contributed by atoms with Crippen LogP contribution < -0.4 is 0 Å². The maximum atomic E-state index is 12.6. The molecule has 146 valence electrons. The summed E-state index contributed by atoms with van der Waals surface area (Å²) in [5.41, 5.74) is 0. The Bertz CT molecular complexity index is 1010. The van der Waals surface area contributed by atoms with E-state index in [1.54, 1.807) is 12.1 Å². The van der Waals surface area contributed by atoms with Gasteiger partial charge in [-0.25, -0.2) is 0 Å². The average molecular weight is 411 g/mol. The second-order valence-corrected chi connectivity index (χ2v) is 7.33. The summed E-state index contributed by atoms with van der Waals surface area (Å²) in [5, 5.41) is 3.35. The van der Waals surface area contributed by atoms with E-state index in [4.69, 9.17) is 4.42 Å². The van der Waals surface area contributed by atoms with E-state index in [0.29, 0.717) is 9.75 Å². The molecule has 3 aromatic rings. The Labute approximate surface area is 159 Å². The summed E-state index contributed by atoms with van der Waals surface area (Å²) >= 11 is 1.13. The van der Waals surface area contributed by atoms with Crippen molar-refractivity contribution in [2.45, 2.75) is 31.6 Å². The topological polar surface area (TPSA) is 89.4 Å². The van der Waals surface area contributed by atoms with Crippen molar-refractivity contribution in [2.24, 2.45) is 0 Å². The molecule has 0 saturated heterocycles. The molecule has 4 rings (SSSR count). The highest BCUT2D eigenvalue weighted by Crippen LogP contribution is 2.34. The molecule has 0 bridgehead atoms. The number of aromatic nitrogens is 2. The molecule has 0 N–H and O–H groups in total. The lowest BCUT2D eigenvalue weighted by atomic mass is 10.2. The van der Waals surface area contributed by atoms with Gasteiger partial charge in [0.1, 0.15) is 0 Å². The largest absolute Gasteiger partial charge is 0.471 e. The monoisotopic (exact) mass is 411 g/mol. The van der Waals surface area contributed by atoms with Gasteiger partial charge in [0.25, 0.3) is 11.7 Å². The Morgan fingerprint density at radius 2 is 2.04 bits per heavy atom. The minimum atomic E-state index is -4.72. The first-order valence-electron chi connectivity index (χ1n) is 8.21. The summed E-state index contributed by atoms with van der Waals surface area (Å²) in [5.74, 6) is -3.04. The Kier molecular flexibility index (Phi) is 4.53. The van der Waals surface area contributed by atoms with Crippen molar-refractivity contribution in [2.75, 3.05) is 0 Å². The van der Waals surface area contributed by atoms with Gasteiger partial charge in [0.15, 0.2) is 5.76 Å². The van der Waals surface area contributed by atoms with Gasteiger partial charge in [-0.15, -0.1) is 11.3 Å². The number of alkyl halides is 3. The lowest BCUT2D eigenvalue weighted by Gasteiger charge is -2.20. The predicted octanol–water partition coefficient (Wildman–Crippen LogP) is 3.78. The first-order chi connectivity index (χ1) is 13.3. The van der Waals surface area contributed by atoms with Gasteiger partial charge in [-0.3, -0.25) is 9.59 Å². The van der Waals surface area contributed by atoms with E-state index < -0.39 is 23.8 Å². The van der Waals surface area contributed by atoms with Crippen LogP contribution in [0.2, 0.25) is 0 Å². The average Bonchev–Trinajstić information content (AvgIpc) is 3.12. The Morgan fingerprint density at radius 1 is 1.25 bits per heavy atom. The summed E-state index contributed by atoms with van der Waals surface area (Å²) in [6.07, 6.45) is -1.83. The van der Waals surface area contributed by atoms with E-state index in [1.165, 1.54) is 23.3 Å². The van der Waals surface area contributed by atoms with Crippen LogP contribution in [0.25, 0.3) is 10.7 Å². The molecule has 1 saturated carbocycles. The predicted molar refractivity (Wildman–Crippen MR) is 89.2 cm³/mol. The fraction of sp³-hybridized carbons (Fsp3) is 0.294. The van der Waals surface area contributed by atoms with Crippen LogP contribution in [-0.2, 0) is 17.5 Å². The maximum Gasteiger partial charge on any atom is 0.471 e. The summed E-state index contributed by atoms with van der Waals surface area (Å²) in [7, 11) is 0. The number of halogens is 3. The molecule has 0 radical (unpaired) electrons. The van der Waals surface area contributed by atoms with E-state index in [-0.39, 0.29) is 24.2 Å². The fourth-order valence-electron chi connectivity index (χ4n) is 2.59. The van der Waals surface area contributed by atoms with Crippen LogP contribution in [0.15, 0.2) is 39.5 Å². The number of carbonyl (C=O) groups is 2. The Balaban J connectivity index is 1.51. The fourth-order valence-corrected chi connectivity index (χ4v) is 3.52. The molecule has 0 atom stereocenters. The number of furan rings is 1. The van der Waals surface area contributed by atoms with Crippen LogP contribution in [0.5, 0.6) is 0 Å². The van der Waals surface area contributed by atoms with Gasteiger partial charge >= 0.3 is 12.1 Å². The van der Waals surface area contributed by atoms with Crippen LogP contribution in [0.4, 0.5) is 13.2 Å². The molecule has 3 aromatic heterocycles. The minimum Gasteiger partial charge on any atom is -0.461 e. The lowest BCUT2D eigenvalue weighted by Crippen LogP contribution is -2.37. The number of amides is 1. The SMILES string of the molecule is O=C(C(=O)N(Cc1ccc(-c2noc(C(F)(F)F)n2)s1)C1CC1)c1ccco1. The second kappa shape index (κ2) is 6.89. The molecule has 0 spiro atoms. The van der Waals surface area contributed by atoms with Crippen LogP contribution in [0.3, 0.4) is 0 Å². The highest BCUT2D eigenvalue weighted by atomic mass is 32.1. The van der Waals surface area contributed by atoms with Crippen molar-refractivity contribution < 1.29 is 31.7 Å². The van der Waals surface area contributed by atoms with Gasteiger partial charge < -0.3 is 13.8 Å². The molecule has 0 aliphatic heterocycles. The number of Topliss-reactive ketones (excluding diaryl/α,β-unsaturated/α-hetero) is 1. The van der Waals surface area contributed by atoms with E-state index in [2.05, 4.69) is 14.7 Å². The third-order valence-electron chi connectivity index (χ3n) is 4.06. The number of carbonyl (C=O) groups excluding carboxylic acids is 2. The molecule has 3 heterocycles. The van der Waals surface area contributed by atoms with Gasteiger partial charge in [0.2, 0.25) is 5.82 Å². The van der Waals surface area contributed by atoms with Gasteiger partial charge in [-0.1, -0.05) is 5.16 Å². The number of thiophene rings is 1. The molecular formula is C17H12F3N3O4S. The molecule has 1 aliphatic carbocycles. The Hall–Kier alpha value is -2.95. The standard InChI is InChI=1S/C17H12F3N3O4S/c18-17(19,20)16-21-14(22-27-16)12-6-5-10(28-12)8-23(9-3-4-9)15(25)13(24)11-2-1-7-26-11/h1-2,5-7,9H,3-4,8H2. The van der Waals surface area contributed by atoms with Gasteiger partial charge in [-0.2, -0.15) is 18.2 Å². The van der Waals surface area contributed by atoms with Crippen LogP contribution >= 0.6 is 11.3 Å². The van der Waals surface area contributed by atoms with Gasteiger partial charge in [0.05, 0.1) is 17.7 Å². The zero-order chi connectivity index (χ0) is 19.9. The molecule has 28 heavy (non-hydrogen) atoms. The molecular weight excluding hydrogens is 399 g/mol. The highest BCUT2D eigenvalue weighted by molar-refractivity contribution is 7.15. The number of nitrogens with zero attached hydrogens (tertiary/aromatic N) is 3. The first-order valence-corrected chi connectivity index (χ1v) is 9.03. The van der Waals surface area contributed by atoms with Crippen molar-refractivity contribution in [1.82, 2.24) is 15.0 Å². The first kappa shape index (κ1) is 18.4. The Morgan fingerprint density at radius 3 is 2.64 bits per heavy atom. The highest BCUT2D eigenvalue weighted by Gasteiger charge is 2.39. The molecule has 11 heteroatoms. The van der Waals surface area contributed by atoms with Crippen molar-refractivity contribution in [3.05, 3.63) is 47.1 Å². The van der Waals surface area contributed by atoms with Crippen molar-refractivity contribution >= 4 is 23.0 Å². The van der Waals surface area contributed by atoms with E-state index >= 15 is 0 Å². The van der Waals surface area contributed by atoms with E-state index in [1.807, 2.05) is 0 Å². The van der Waals surface area contributed by atoms with Gasteiger partial charge in [0, 0.05) is 10.9 Å². The molecule has 1 aliphatic rings. The minimum absolute atomic E-state index is 0.0333. The smallest absolute Gasteiger partial charge is 0.461 e. The van der Waals surface area contributed by atoms with Crippen molar-refractivity contribution in [3.8, 4) is 10.7 Å². The third-order valence-corrected chi connectivity index (χ3v) is 5.13. The lowest BCUT2D eigenvalue weighted by molar-refractivity contribution is -0.159. The molecule has 1 amide bonds. The van der Waals surface area contributed by atoms with Gasteiger partial charge in [-0.05, 0) is 37.1 Å². The quantitative estimate of drug-likeness (QED) is 0.453. The summed E-state index contributed by atoms with van der Waals surface area (Å²) in [6.45, 7) is 0.157. The van der Waals surface area contributed by atoms with Crippen LogP contribution in [0, 0.1) is 0 Å². The van der Waals surface area contributed by atoms with Crippen LogP contribution in [-0.4, -0.2) is 32.8 Å². The van der Waals surface area contributed by atoms with Crippen molar-refractivity contribution in [3.63, 3.8) is 0 Å². The number of rotatable bonds is 6. The number of hydrogen-bond acceptors (Lipinski definition) is 7. The summed E-state index contributed by atoms with van der Waals surface area (Å²) in [6, 6.07) is 6.11. The molecule has 0 aromatic carbocycles. The van der Waals surface area contributed by atoms with E-state index in [0.717, 1.165) is 24.2 Å². The third kappa shape index (κ3) is 3.70. The maximum absolute atomic E-state index is 12.6. The summed E-state index contributed by atoms with van der Waals surface area (Å²) < 4.78 is 47.0. The summed E-state index contributed by atoms with van der Waals surface area (Å²) in [4.78, 5) is 30.7. The zero-order valence-electron chi connectivity index (χ0n) is 14.1. The second-order valence-electron chi connectivity index (χ2n) is 6.16. The molecule has 7 nitrogen and oxygen atoms in total. The number of hydrogen-bond donors (Lipinski definition) is 0. The van der Waals surface area contributed by atoms with E-state index in [9.17, 15) is 22.8 Å². The van der Waals surface area contributed by atoms with Crippen LogP contribution in [0.1, 0.15) is 34.2 Å². The molecule has 0 unspecified atom stereocenters.